The van der Waals surface area contributed by atoms with Crippen LogP contribution in [0.25, 0.3) is 27.8 Å². The van der Waals surface area contributed by atoms with Gasteiger partial charge in [-0.3, -0.25) is 0 Å². The Bertz CT molecular complexity index is 1320. The van der Waals surface area contributed by atoms with Crippen molar-refractivity contribution in [1.29, 1.82) is 0 Å². The molecule has 3 aromatic rings. The minimum atomic E-state index is -0.802. The van der Waals surface area contributed by atoms with Crippen molar-refractivity contribution < 1.29 is 13.5 Å². The van der Waals surface area contributed by atoms with E-state index < -0.39 is 11.6 Å². The summed E-state index contributed by atoms with van der Waals surface area (Å²) in [5.74, 6) is -1.60. The Morgan fingerprint density at radius 2 is 1.14 bits per heavy atom. The quantitative estimate of drug-likeness (QED) is 0.125. The Kier molecular flexibility index (Phi) is 13.9. The molecule has 1 unspecified atom stereocenters. The van der Waals surface area contributed by atoms with E-state index in [1.807, 2.05) is 66.7 Å². The zero-order valence-corrected chi connectivity index (χ0v) is 27.1. The predicted molar refractivity (Wildman–Crippen MR) is 184 cm³/mol. The molecule has 236 valence electrons. The lowest BCUT2D eigenvalue weighted by Gasteiger charge is -2.33. The molecule has 0 spiro atoms. The van der Waals surface area contributed by atoms with E-state index in [4.69, 9.17) is 4.74 Å². The lowest BCUT2D eigenvalue weighted by molar-refractivity contribution is -0.0165. The highest BCUT2D eigenvalue weighted by Crippen LogP contribution is 2.37. The number of unbranched alkanes of at least 4 members (excludes halogenated alkanes) is 11. The average molecular weight is 599 g/mol. The Balaban J connectivity index is 1.41. The van der Waals surface area contributed by atoms with Crippen LogP contribution in [0, 0.1) is 11.6 Å². The second-order valence-electron chi connectivity index (χ2n) is 12.5. The number of hydrogen-bond donors (Lipinski definition) is 0. The standard InChI is InChI=1S/C41H52F2O/c1-3-5-7-9-11-13-18-32-44-41(29-17-12-10-8-6-4-2)30-27-36(28-31-41)38-26-25-37(39(42)40(38)43)35-23-21-34(22-24-35)33-19-15-14-16-20-33/h14-16,19-28,30H,3-13,17-18,29,31-32H2,1-2H3. The first-order valence-electron chi connectivity index (χ1n) is 17.2. The van der Waals surface area contributed by atoms with Crippen LogP contribution in [0.5, 0.6) is 0 Å². The highest BCUT2D eigenvalue weighted by molar-refractivity contribution is 5.78. The molecule has 0 aliphatic heterocycles. The van der Waals surface area contributed by atoms with Crippen LogP contribution in [0.4, 0.5) is 8.78 Å². The van der Waals surface area contributed by atoms with Gasteiger partial charge < -0.3 is 4.74 Å². The molecule has 0 N–H and O–H groups in total. The van der Waals surface area contributed by atoms with E-state index in [0.717, 1.165) is 42.6 Å². The molecule has 0 fully saturated rings. The van der Waals surface area contributed by atoms with Crippen LogP contribution in [0.3, 0.4) is 0 Å². The SMILES string of the molecule is CCCCCCCCCOC1(CCCCCCCC)C=CC(c2ccc(-c3ccc(-c4ccccc4)cc3)c(F)c2F)=CC1. The minimum Gasteiger partial charge on any atom is -0.371 e. The van der Waals surface area contributed by atoms with Gasteiger partial charge in [-0.1, -0.05) is 176 Å². The van der Waals surface area contributed by atoms with Crippen LogP contribution in [0.2, 0.25) is 0 Å². The zero-order valence-electron chi connectivity index (χ0n) is 27.1. The summed E-state index contributed by atoms with van der Waals surface area (Å²) in [4.78, 5) is 0. The fraction of sp³-hybridized carbons (Fsp3) is 0.463. The molecule has 1 aliphatic carbocycles. The molecule has 0 heterocycles. The van der Waals surface area contributed by atoms with Crippen LogP contribution in [-0.4, -0.2) is 12.2 Å². The van der Waals surface area contributed by atoms with Gasteiger partial charge in [-0.2, -0.15) is 0 Å². The molecule has 0 saturated heterocycles. The molecule has 1 aliphatic rings. The third kappa shape index (κ3) is 9.73. The third-order valence-corrected chi connectivity index (χ3v) is 9.02. The van der Waals surface area contributed by atoms with Crippen molar-refractivity contribution in [1.82, 2.24) is 0 Å². The number of rotatable bonds is 19. The van der Waals surface area contributed by atoms with Gasteiger partial charge in [0.25, 0.3) is 0 Å². The van der Waals surface area contributed by atoms with Gasteiger partial charge in [0.1, 0.15) is 0 Å². The molecule has 0 amide bonds. The fourth-order valence-electron chi connectivity index (χ4n) is 6.23. The third-order valence-electron chi connectivity index (χ3n) is 9.02. The fourth-order valence-corrected chi connectivity index (χ4v) is 6.23. The normalized spacial score (nSPS) is 16.3. The van der Waals surface area contributed by atoms with E-state index in [2.05, 4.69) is 19.9 Å². The molecular formula is C41H52F2O. The number of hydrogen-bond acceptors (Lipinski definition) is 1. The van der Waals surface area contributed by atoms with Crippen molar-refractivity contribution >= 4 is 5.57 Å². The van der Waals surface area contributed by atoms with Crippen molar-refractivity contribution in [2.45, 2.75) is 116 Å². The maximum absolute atomic E-state index is 15.5. The molecule has 0 bridgehead atoms. The van der Waals surface area contributed by atoms with Gasteiger partial charge in [-0.25, -0.2) is 8.78 Å². The van der Waals surface area contributed by atoms with Crippen LogP contribution in [0.1, 0.15) is 116 Å². The molecule has 3 heteroatoms. The first kappa shape index (κ1) is 33.8. The maximum atomic E-state index is 15.5. The van der Waals surface area contributed by atoms with E-state index in [9.17, 15) is 0 Å². The first-order chi connectivity index (χ1) is 21.6. The molecule has 0 saturated carbocycles. The summed E-state index contributed by atoms with van der Waals surface area (Å²) < 4.78 is 37.6. The maximum Gasteiger partial charge on any atom is 0.167 e. The topological polar surface area (TPSA) is 9.23 Å². The smallest absolute Gasteiger partial charge is 0.167 e. The number of allylic oxidation sites excluding steroid dienone is 2. The van der Waals surface area contributed by atoms with Gasteiger partial charge in [-0.15, -0.1) is 0 Å². The van der Waals surface area contributed by atoms with Gasteiger partial charge in [0, 0.05) is 17.7 Å². The van der Waals surface area contributed by atoms with E-state index in [0.29, 0.717) is 17.5 Å². The van der Waals surface area contributed by atoms with Crippen molar-refractivity contribution in [3.8, 4) is 22.3 Å². The number of halogens is 2. The Labute approximate surface area is 265 Å². The molecule has 3 aromatic carbocycles. The van der Waals surface area contributed by atoms with Crippen molar-refractivity contribution in [3.63, 3.8) is 0 Å². The van der Waals surface area contributed by atoms with Crippen molar-refractivity contribution in [2.24, 2.45) is 0 Å². The average Bonchev–Trinajstić information content (AvgIpc) is 3.06. The van der Waals surface area contributed by atoms with Crippen LogP contribution >= 0.6 is 0 Å². The molecule has 0 radical (unpaired) electrons. The molecule has 1 atom stereocenters. The van der Waals surface area contributed by atoms with Gasteiger partial charge in [0.05, 0.1) is 5.60 Å². The highest BCUT2D eigenvalue weighted by Gasteiger charge is 2.30. The second-order valence-corrected chi connectivity index (χ2v) is 12.5. The van der Waals surface area contributed by atoms with E-state index in [-0.39, 0.29) is 11.2 Å². The van der Waals surface area contributed by atoms with Gasteiger partial charge in [0.15, 0.2) is 11.6 Å². The Hall–Kier alpha value is -3.04. The predicted octanol–water partition coefficient (Wildman–Crippen LogP) is 12.9. The zero-order chi connectivity index (χ0) is 31.0. The van der Waals surface area contributed by atoms with Crippen LogP contribution < -0.4 is 0 Å². The molecule has 4 rings (SSSR count). The molecule has 44 heavy (non-hydrogen) atoms. The summed E-state index contributed by atoms with van der Waals surface area (Å²) in [6, 6.07) is 21.1. The molecule has 0 aromatic heterocycles. The Morgan fingerprint density at radius 1 is 0.591 bits per heavy atom. The van der Waals surface area contributed by atoms with Crippen molar-refractivity contribution in [3.05, 3.63) is 102 Å². The second kappa shape index (κ2) is 18.1. The first-order valence-corrected chi connectivity index (χ1v) is 17.2. The Morgan fingerprint density at radius 3 is 1.77 bits per heavy atom. The van der Waals surface area contributed by atoms with Crippen LogP contribution in [-0.2, 0) is 4.74 Å². The van der Waals surface area contributed by atoms with Crippen molar-refractivity contribution in [2.75, 3.05) is 6.61 Å². The molecule has 1 nitrogen and oxygen atoms in total. The van der Waals surface area contributed by atoms with E-state index in [1.165, 1.54) is 70.6 Å². The summed E-state index contributed by atoms with van der Waals surface area (Å²) >= 11 is 0. The van der Waals surface area contributed by atoms with Gasteiger partial charge >= 0.3 is 0 Å². The number of benzene rings is 3. The minimum absolute atomic E-state index is 0.279. The lowest BCUT2D eigenvalue weighted by atomic mass is 9.84. The van der Waals surface area contributed by atoms with E-state index in [1.54, 1.807) is 12.1 Å². The lowest BCUT2D eigenvalue weighted by Crippen LogP contribution is -2.31. The summed E-state index contributed by atoms with van der Waals surface area (Å²) in [5, 5.41) is 0. The van der Waals surface area contributed by atoms with E-state index >= 15 is 8.78 Å². The highest BCUT2D eigenvalue weighted by atomic mass is 19.2. The monoisotopic (exact) mass is 598 g/mol. The summed E-state index contributed by atoms with van der Waals surface area (Å²) in [7, 11) is 0. The summed E-state index contributed by atoms with van der Waals surface area (Å²) in [6.07, 6.45) is 24.0. The number of ether oxygens (including phenoxy) is 1. The van der Waals surface area contributed by atoms with Gasteiger partial charge in [-0.05, 0) is 41.5 Å². The summed E-state index contributed by atoms with van der Waals surface area (Å²) in [6.45, 7) is 5.24. The largest absolute Gasteiger partial charge is 0.371 e. The summed E-state index contributed by atoms with van der Waals surface area (Å²) in [5.41, 5.74) is 3.76. The van der Waals surface area contributed by atoms with Gasteiger partial charge in [0.2, 0.25) is 0 Å². The van der Waals surface area contributed by atoms with Crippen LogP contribution in [0.15, 0.2) is 85.0 Å². The molecular weight excluding hydrogens is 546 g/mol.